The van der Waals surface area contributed by atoms with E-state index in [0.29, 0.717) is 6.42 Å². The number of nitrogens with zero attached hydrogens (tertiary/aromatic N) is 1. The lowest BCUT2D eigenvalue weighted by molar-refractivity contribution is -0.143. The molecular formula is C25H31FN2O3. The maximum Gasteiger partial charge on any atom is 0.261 e. The summed E-state index contributed by atoms with van der Waals surface area (Å²) in [5, 5.41) is 3.14. The summed E-state index contributed by atoms with van der Waals surface area (Å²) in [6, 6.07) is 15.1. The number of halogens is 1. The van der Waals surface area contributed by atoms with Crippen LogP contribution in [0.5, 0.6) is 5.75 Å². The van der Waals surface area contributed by atoms with E-state index in [1.807, 2.05) is 37.3 Å². The highest BCUT2D eigenvalue weighted by Gasteiger charge is 2.30. The van der Waals surface area contributed by atoms with Crippen LogP contribution in [0.1, 0.15) is 51.0 Å². The van der Waals surface area contributed by atoms with Gasteiger partial charge in [-0.05, 0) is 37.0 Å². The molecule has 31 heavy (non-hydrogen) atoms. The normalized spacial score (nSPS) is 15.2. The number of amides is 2. The van der Waals surface area contributed by atoms with Gasteiger partial charge in [-0.25, -0.2) is 4.39 Å². The monoisotopic (exact) mass is 426 g/mol. The smallest absolute Gasteiger partial charge is 0.261 e. The van der Waals surface area contributed by atoms with Crippen molar-refractivity contribution in [3.63, 3.8) is 0 Å². The molecule has 0 heterocycles. The van der Waals surface area contributed by atoms with Crippen molar-refractivity contribution in [2.24, 2.45) is 0 Å². The van der Waals surface area contributed by atoms with Gasteiger partial charge < -0.3 is 15.0 Å². The molecule has 0 saturated heterocycles. The molecule has 3 rings (SSSR count). The highest BCUT2D eigenvalue weighted by Crippen LogP contribution is 2.20. The average molecular weight is 427 g/mol. The number of nitrogens with one attached hydrogen (secondary N) is 1. The maximum atomic E-state index is 13.9. The van der Waals surface area contributed by atoms with Gasteiger partial charge in [0.25, 0.3) is 5.91 Å². The van der Waals surface area contributed by atoms with Crippen LogP contribution < -0.4 is 10.1 Å². The van der Waals surface area contributed by atoms with E-state index in [1.54, 1.807) is 17.0 Å². The summed E-state index contributed by atoms with van der Waals surface area (Å²) in [6.07, 6.45) is 5.87. The molecule has 5 nitrogen and oxygen atoms in total. The minimum absolute atomic E-state index is 0.0233. The molecule has 0 bridgehead atoms. The van der Waals surface area contributed by atoms with Crippen LogP contribution in [0.15, 0.2) is 54.6 Å². The maximum absolute atomic E-state index is 13.9. The van der Waals surface area contributed by atoms with E-state index >= 15 is 0 Å². The van der Waals surface area contributed by atoms with Crippen molar-refractivity contribution in [3.8, 4) is 5.75 Å². The number of rotatable bonds is 9. The minimum Gasteiger partial charge on any atom is -0.481 e. The third-order valence-electron chi connectivity index (χ3n) is 5.72. The largest absolute Gasteiger partial charge is 0.481 e. The third-order valence-corrected chi connectivity index (χ3v) is 5.72. The average Bonchev–Trinajstić information content (AvgIpc) is 2.79. The molecule has 0 aromatic heterocycles. The molecule has 166 valence electrons. The second-order valence-electron chi connectivity index (χ2n) is 7.99. The van der Waals surface area contributed by atoms with Gasteiger partial charge in [-0.15, -0.1) is 0 Å². The van der Waals surface area contributed by atoms with E-state index < -0.39 is 11.9 Å². The van der Waals surface area contributed by atoms with E-state index in [9.17, 15) is 14.0 Å². The number of hydrogen-bond acceptors (Lipinski definition) is 3. The van der Waals surface area contributed by atoms with Crippen molar-refractivity contribution in [3.05, 3.63) is 66.0 Å². The van der Waals surface area contributed by atoms with E-state index in [-0.39, 0.29) is 36.8 Å². The van der Waals surface area contributed by atoms with Crippen LogP contribution in [0.4, 0.5) is 4.39 Å². The molecule has 1 aliphatic carbocycles. The van der Waals surface area contributed by atoms with Crippen LogP contribution in [-0.4, -0.2) is 35.4 Å². The number of benzene rings is 2. The van der Waals surface area contributed by atoms with E-state index in [4.69, 9.17) is 4.74 Å². The molecule has 2 amide bonds. The van der Waals surface area contributed by atoms with Crippen LogP contribution >= 0.6 is 0 Å². The number of hydrogen-bond donors (Lipinski definition) is 1. The van der Waals surface area contributed by atoms with Gasteiger partial charge in [0, 0.05) is 12.6 Å². The molecule has 1 unspecified atom stereocenters. The van der Waals surface area contributed by atoms with Crippen molar-refractivity contribution in [1.29, 1.82) is 0 Å². The van der Waals surface area contributed by atoms with E-state index in [1.165, 1.54) is 18.6 Å². The lowest BCUT2D eigenvalue weighted by Crippen LogP contribution is -2.52. The zero-order valence-electron chi connectivity index (χ0n) is 18.1. The Hall–Kier alpha value is -2.89. The zero-order valence-corrected chi connectivity index (χ0v) is 18.1. The fourth-order valence-electron chi connectivity index (χ4n) is 4.03. The van der Waals surface area contributed by atoms with Crippen molar-refractivity contribution in [2.45, 2.75) is 64.1 Å². The van der Waals surface area contributed by atoms with Gasteiger partial charge in [0.1, 0.15) is 6.04 Å². The first kappa shape index (κ1) is 22.8. The van der Waals surface area contributed by atoms with Gasteiger partial charge in [-0.1, -0.05) is 68.7 Å². The fourth-order valence-corrected chi connectivity index (χ4v) is 4.03. The molecule has 0 spiro atoms. The fraction of sp³-hybridized carbons (Fsp3) is 0.440. The molecule has 2 aromatic rings. The number of carbonyl (C=O) groups excluding carboxylic acids is 2. The molecule has 1 N–H and O–H groups in total. The Morgan fingerprint density at radius 1 is 1.06 bits per heavy atom. The Labute approximate surface area is 183 Å². The van der Waals surface area contributed by atoms with Crippen LogP contribution in [0.3, 0.4) is 0 Å². The predicted octanol–water partition coefficient (Wildman–Crippen LogP) is 4.46. The molecule has 0 radical (unpaired) electrons. The Kier molecular flexibility index (Phi) is 8.44. The first-order valence-electron chi connectivity index (χ1n) is 11.1. The van der Waals surface area contributed by atoms with Crippen LogP contribution in [0.25, 0.3) is 0 Å². The highest BCUT2D eigenvalue weighted by atomic mass is 19.1. The van der Waals surface area contributed by atoms with Crippen molar-refractivity contribution in [2.75, 3.05) is 6.61 Å². The van der Waals surface area contributed by atoms with Gasteiger partial charge in [-0.3, -0.25) is 9.59 Å². The van der Waals surface area contributed by atoms with Gasteiger partial charge in [0.15, 0.2) is 18.2 Å². The lowest BCUT2D eigenvalue weighted by Gasteiger charge is -2.32. The summed E-state index contributed by atoms with van der Waals surface area (Å²) in [6.45, 7) is 1.85. The van der Waals surface area contributed by atoms with Crippen molar-refractivity contribution >= 4 is 11.8 Å². The first-order chi connectivity index (χ1) is 15.1. The molecule has 6 heteroatoms. The minimum atomic E-state index is -0.612. The standard InChI is InChI=1S/C25H31FN2O3/c1-2-22(25(30)27-20-13-7-4-8-14-20)28(17-19-11-5-3-6-12-19)24(29)18-31-23-16-10-9-15-21(23)26/h3,5-6,9-12,15-16,20,22H,2,4,7-8,13-14,17-18H2,1H3,(H,27,30). The Morgan fingerprint density at radius 2 is 1.74 bits per heavy atom. The number of carbonyl (C=O) groups is 2. The molecule has 1 fully saturated rings. The van der Waals surface area contributed by atoms with Crippen LogP contribution in [-0.2, 0) is 16.1 Å². The second-order valence-corrected chi connectivity index (χ2v) is 7.99. The predicted molar refractivity (Wildman–Crippen MR) is 118 cm³/mol. The molecule has 1 aliphatic rings. The van der Waals surface area contributed by atoms with Crippen molar-refractivity contribution < 1.29 is 18.7 Å². The molecule has 2 aromatic carbocycles. The van der Waals surface area contributed by atoms with E-state index in [0.717, 1.165) is 31.2 Å². The molecule has 0 aliphatic heterocycles. The SMILES string of the molecule is CCC(C(=O)NC1CCCCC1)N(Cc1ccccc1)C(=O)COc1ccccc1F. The first-order valence-corrected chi connectivity index (χ1v) is 11.1. The van der Waals surface area contributed by atoms with Gasteiger partial charge in [0.2, 0.25) is 5.91 Å². The zero-order chi connectivity index (χ0) is 22.1. The second kappa shape index (κ2) is 11.5. The third kappa shape index (κ3) is 6.54. The summed E-state index contributed by atoms with van der Waals surface area (Å²) in [5.74, 6) is -0.982. The topological polar surface area (TPSA) is 58.6 Å². The highest BCUT2D eigenvalue weighted by molar-refractivity contribution is 5.88. The Balaban J connectivity index is 1.73. The molecule has 1 atom stereocenters. The molecule has 1 saturated carbocycles. The molecular weight excluding hydrogens is 395 g/mol. The van der Waals surface area contributed by atoms with Crippen LogP contribution in [0, 0.1) is 5.82 Å². The summed E-state index contributed by atoms with van der Waals surface area (Å²) in [4.78, 5) is 27.8. The summed E-state index contributed by atoms with van der Waals surface area (Å²) in [5.41, 5.74) is 0.922. The number of para-hydroxylation sites is 1. The van der Waals surface area contributed by atoms with Gasteiger partial charge in [0.05, 0.1) is 0 Å². The van der Waals surface area contributed by atoms with Gasteiger partial charge in [-0.2, -0.15) is 0 Å². The summed E-state index contributed by atoms with van der Waals surface area (Å²) in [7, 11) is 0. The summed E-state index contributed by atoms with van der Waals surface area (Å²) >= 11 is 0. The number of ether oxygens (including phenoxy) is 1. The van der Waals surface area contributed by atoms with Gasteiger partial charge >= 0.3 is 0 Å². The quantitative estimate of drug-likeness (QED) is 0.644. The van der Waals surface area contributed by atoms with Crippen LogP contribution in [0.2, 0.25) is 0 Å². The van der Waals surface area contributed by atoms with Crippen molar-refractivity contribution in [1.82, 2.24) is 10.2 Å². The van der Waals surface area contributed by atoms with E-state index in [2.05, 4.69) is 5.32 Å². The Morgan fingerprint density at radius 3 is 2.42 bits per heavy atom. The summed E-state index contributed by atoms with van der Waals surface area (Å²) < 4.78 is 19.3. The lowest BCUT2D eigenvalue weighted by atomic mass is 9.95. The Bertz CT molecular complexity index is 853.